The molecule has 9 aromatic carbocycles. The molecule has 0 atom stereocenters. The van der Waals surface area contributed by atoms with Crippen molar-refractivity contribution in [1.82, 2.24) is 0 Å². The average Bonchev–Trinajstić information content (AvgIpc) is 0.782. The highest BCUT2D eigenvalue weighted by Gasteiger charge is 2.49. The highest BCUT2D eigenvalue weighted by atomic mass is 32.1. The van der Waals surface area contributed by atoms with Gasteiger partial charge in [0, 0.05) is 65.7 Å². The van der Waals surface area contributed by atoms with Crippen LogP contribution in [0.2, 0.25) is 0 Å². The van der Waals surface area contributed by atoms with Gasteiger partial charge in [0.15, 0.2) is 0 Å². The maximum absolute atomic E-state index is 2.77. The Hall–Kier alpha value is -7.34. The van der Waals surface area contributed by atoms with Crippen LogP contribution in [0.3, 0.4) is 0 Å². The number of rotatable bonds is 6. The lowest BCUT2D eigenvalue weighted by atomic mass is 9.33. The molecule has 3 heterocycles. The van der Waals surface area contributed by atoms with Crippen molar-refractivity contribution >= 4 is 106 Å². The van der Waals surface area contributed by atoms with E-state index in [9.17, 15) is 0 Å². The lowest BCUT2D eigenvalue weighted by Crippen LogP contribution is -2.62. The summed E-state index contributed by atoms with van der Waals surface area (Å²) in [6.45, 7) is 46.2. The molecule has 3 aliphatic carbocycles. The SMILES string of the molecule is Cc1cc2c(cc1N1c3ccc(-c4cccc5sc6ccccc6c45)cc3B3c4cc5c(cc4N(c4ccc6c(c4)C(C)(C)CCC6(C)C)c4cc(N(c6ccc(C(C)(C)C)cc6)c6ccc(C(C)(C)C)cc6)cc1c43)C(C)(C)CCC5(C)C)C(C)(C)CCC2(C)C. The Morgan fingerprint density at radius 1 is 0.391 bits per heavy atom. The third-order valence-electron chi connectivity index (χ3n) is 23.5. The summed E-state index contributed by atoms with van der Waals surface area (Å²) in [4.78, 5) is 8.09. The number of benzene rings is 9. The van der Waals surface area contributed by atoms with E-state index >= 15 is 0 Å². The van der Waals surface area contributed by atoms with Crippen molar-refractivity contribution in [2.45, 2.75) is 213 Å². The first-order chi connectivity index (χ1) is 43.2. The summed E-state index contributed by atoms with van der Waals surface area (Å²) in [5, 5.41) is 2.68. The van der Waals surface area contributed by atoms with Gasteiger partial charge in [-0.3, -0.25) is 0 Å². The molecule has 0 saturated carbocycles. The van der Waals surface area contributed by atoms with Crippen LogP contribution < -0.4 is 31.1 Å². The summed E-state index contributed by atoms with van der Waals surface area (Å²) in [5.74, 6) is 0. The molecule has 0 spiro atoms. The van der Waals surface area contributed by atoms with Crippen molar-refractivity contribution in [1.29, 1.82) is 0 Å². The van der Waals surface area contributed by atoms with Gasteiger partial charge in [-0.1, -0.05) is 210 Å². The summed E-state index contributed by atoms with van der Waals surface area (Å²) in [6, 6.07) is 66.3. The van der Waals surface area contributed by atoms with Gasteiger partial charge in [0.1, 0.15) is 0 Å². The van der Waals surface area contributed by atoms with E-state index in [4.69, 9.17) is 0 Å². The Morgan fingerprint density at radius 2 is 0.870 bits per heavy atom. The molecular formula is C87H96BN3S. The van der Waals surface area contributed by atoms with E-state index in [1.807, 2.05) is 11.3 Å². The molecule has 1 aromatic heterocycles. The summed E-state index contributed by atoms with van der Waals surface area (Å²) in [5.41, 5.74) is 30.4. The smallest absolute Gasteiger partial charge is 0.252 e. The van der Waals surface area contributed by atoms with Crippen molar-refractivity contribution in [2.24, 2.45) is 0 Å². The van der Waals surface area contributed by atoms with Gasteiger partial charge in [0.05, 0.1) is 5.69 Å². The molecule has 0 fully saturated rings. The van der Waals surface area contributed by atoms with Gasteiger partial charge in [-0.15, -0.1) is 11.3 Å². The second-order valence-corrected chi connectivity index (χ2v) is 35.7. The van der Waals surface area contributed by atoms with Crippen molar-refractivity contribution in [3.05, 3.63) is 214 Å². The summed E-state index contributed by atoms with van der Waals surface area (Å²) >= 11 is 1.91. The fraction of sp³-hybridized carbons (Fsp3) is 0.379. The zero-order valence-corrected chi connectivity index (χ0v) is 59.5. The Kier molecular flexibility index (Phi) is 13.5. The highest BCUT2D eigenvalue weighted by Crippen LogP contribution is 2.56. The van der Waals surface area contributed by atoms with Gasteiger partial charge in [-0.2, -0.15) is 0 Å². The molecule has 10 aromatic rings. The Balaban J connectivity index is 1.11. The van der Waals surface area contributed by atoms with Crippen LogP contribution in [-0.2, 0) is 43.3 Å². The minimum atomic E-state index is -0.108. The van der Waals surface area contributed by atoms with E-state index in [1.165, 1.54) is 138 Å². The molecule has 0 bridgehead atoms. The maximum atomic E-state index is 2.77. The van der Waals surface area contributed by atoms with Crippen LogP contribution >= 0.6 is 11.3 Å². The minimum absolute atomic E-state index is 0.00448. The summed E-state index contributed by atoms with van der Waals surface area (Å²) in [6.07, 6.45) is 6.89. The minimum Gasteiger partial charge on any atom is -0.311 e. The number of anilines is 9. The fourth-order valence-electron chi connectivity index (χ4n) is 17.2. The molecule has 2 aliphatic heterocycles. The summed E-state index contributed by atoms with van der Waals surface area (Å²) in [7, 11) is 0. The number of nitrogens with zero attached hydrogens (tertiary/aromatic N) is 3. The third-order valence-corrected chi connectivity index (χ3v) is 24.6. The van der Waals surface area contributed by atoms with Gasteiger partial charge in [-0.05, 0) is 245 Å². The first-order valence-electron chi connectivity index (χ1n) is 34.6. The second kappa shape index (κ2) is 20.3. The van der Waals surface area contributed by atoms with Gasteiger partial charge in [0.2, 0.25) is 0 Å². The van der Waals surface area contributed by atoms with Crippen molar-refractivity contribution in [3.8, 4) is 11.1 Å². The first-order valence-corrected chi connectivity index (χ1v) is 35.4. The van der Waals surface area contributed by atoms with E-state index in [0.29, 0.717) is 0 Å². The van der Waals surface area contributed by atoms with Crippen LogP contribution in [0.25, 0.3) is 31.3 Å². The van der Waals surface area contributed by atoms with E-state index in [1.54, 1.807) is 0 Å². The predicted molar refractivity (Wildman–Crippen MR) is 401 cm³/mol. The van der Waals surface area contributed by atoms with Crippen LogP contribution in [0.15, 0.2) is 164 Å². The normalized spacial score (nSPS) is 18.6. The van der Waals surface area contributed by atoms with Gasteiger partial charge in [-0.25, -0.2) is 0 Å². The first kappa shape index (κ1) is 60.9. The number of hydrogen-bond acceptors (Lipinski definition) is 4. The molecule has 5 aliphatic rings. The van der Waals surface area contributed by atoms with Crippen LogP contribution in [0, 0.1) is 6.92 Å². The van der Waals surface area contributed by atoms with Crippen LogP contribution in [0.5, 0.6) is 0 Å². The van der Waals surface area contributed by atoms with E-state index in [0.717, 1.165) is 49.2 Å². The molecule has 15 rings (SSSR count). The molecular weight excluding hydrogens is 1130 g/mol. The topological polar surface area (TPSA) is 9.72 Å². The molecule has 0 N–H and O–H groups in total. The molecule has 3 nitrogen and oxygen atoms in total. The third kappa shape index (κ3) is 9.52. The fourth-order valence-corrected chi connectivity index (χ4v) is 18.4. The molecule has 0 amide bonds. The molecule has 0 unspecified atom stereocenters. The Bertz CT molecular complexity index is 4620. The van der Waals surface area contributed by atoms with Gasteiger partial charge in [0.25, 0.3) is 6.71 Å². The Labute approximate surface area is 555 Å². The quantitative estimate of drug-likeness (QED) is 0.154. The molecule has 92 heavy (non-hydrogen) atoms. The number of thiophene rings is 1. The van der Waals surface area contributed by atoms with Crippen molar-refractivity contribution < 1.29 is 0 Å². The van der Waals surface area contributed by atoms with E-state index in [-0.39, 0.29) is 50.0 Å². The lowest BCUT2D eigenvalue weighted by molar-refractivity contribution is 0.332. The van der Waals surface area contributed by atoms with Crippen molar-refractivity contribution in [2.75, 3.05) is 14.7 Å². The second-order valence-electron chi connectivity index (χ2n) is 34.7. The van der Waals surface area contributed by atoms with E-state index in [2.05, 4.69) is 310 Å². The number of fused-ring (bicyclic) bond motifs is 10. The molecule has 5 heteroatoms. The number of aryl methyl sites for hydroxylation is 1. The highest BCUT2D eigenvalue weighted by molar-refractivity contribution is 7.26. The maximum Gasteiger partial charge on any atom is 0.252 e. The Morgan fingerprint density at radius 3 is 1.43 bits per heavy atom. The largest absolute Gasteiger partial charge is 0.311 e. The zero-order chi connectivity index (χ0) is 64.9. The molecule has 0 radical (unpaired) electrons. The summed E-state index contributed by atoms with van der Waals surface area (Å²) < 4.78 is 2.66. The predicted octanol–water partition coefficient (Wildman–Crippen LogP) is 23.2. The monoisotopic (exact) mass is 1230 g/mol. The zero-order valence-electron chi connectivity index (χ0n) is 58.7. The van der Waals surface area contributed by atoms with Crippen LogP contribution in [0.1, 0.15) is 213 Å². The number of hydrogen-bond donors (Lipinski definition) is 0. The lowest BCUT2D eigenvalue weighted by Gasteiger charge is -2.49. The standard InChI is InChI=1S/C87H96BN3S/c1-53-45-64-67(86(16,17)43-41-83(64,10)11)51-72(53)91-71-38-27-54(61-24-22-26-77-78(61)62-23-20-21-25-76(62)92-77)46-69(71)88-70-50-66-68(87(18,19)44-42-85(66,14)15)52-73(70)90(59-36-37-63-65(47-59)84(12,13)40-39-82(63,8)9)74-48-60(49-75(91)79(74)88)89(57-32-28-55(29-33-57)80(2,3)4)58-34-30-56(31-35-58)81(5,6)7/h20-38,45-52H,39-44H2,1-19H3. The van der Waals surface area contributed by atoms with Crippen molar-refractivity contribution in [3.63, 3.8) is 0 Å². The molecule has 0 saturated heterocycles. The molecule has 468 valence electrons. The van der Waals surface area contributed by atoms with Crippen LogP contribution in [0.4, 0.5) is 51.2 Å². The van der Waals surface area contributed by atoms with Gasteiger partial charge >= 0.3 is 0 Å². The van der Waals surface area contributed by atoms with Crippen LogP contribution in [-0.4, -0.2) is 6.71 Å². The van der Waals surface area contributed by atoms with E-state index < -0.39 is 0 Å². The van der Waals surface area contributed by atoms with Gasteiger partial charge < -0.3 is 14.7 Å². The average molecular weight is 1230 g/mol.